The molecule has 7 nitrogen and oxygen atoms in total. The van der Waals surface area contributed by atoms with Gasteiger partial charge in [0.05, 0.1) is 5.56 Å². The number of carboxylic acid groups (broad SMARTS) is 1. The number of carbonyl (C=O) groups excluding carboxylic acids is 1. The first-order chi connectivity index (χ1) is 8.41. The van der Waals surface area contributed by atoms with Crippen LogP contribution < -0.4 is 10.9 Å². The van der Waals surface area contributed by atoms with E-state index >= 15 is 0 Å². The molecule has 0 aliphatic heterocycles. The largest absolute Gasteiger partial charge is 0.478 e. The summed E-state index contributed by atoms with van der Waals surface area (Å²) in [5.41, 5.74) is -0.271. The molecular weight excluding hydrogens is 238 g/mol. The second kappa shape index (κ2) is 5.85. The van der Waals surface area contributed by atoms with Gasteiger partial charge in [0.2, 0.25) is 0 Å². The number of hydrogen-bond acceptors (Lipinski definition) is 3. The van der Waals surface area contributed by atoms with Crippen LogP contribution in [0.5, 0.6) is 0 Å². The SMILES string of the molecule is CN(C)C(=O)NCCn1cc(C(=O)O)ccc1=O. The number of carboxylic acids is 1. The lowest BCUT2D eigenvalue weighted by atomic mass is 10.3. The summed E-state index contributed by atoms with van der Waals surface area (Å²) in [6.07, 6.45) is 1.26. The van der Waals surface area contributed by atoms with Crippen molar-refractivity contribution >= 4 is 12.0 Å². The second-order valence-corrected chi connectivity index (χ2v) is 3.88. The Morgan fingerprint density at radius 3 is 2.61 bits per heavy atom. The zero-order chi connectivity index (χ0) is 13.7. The minimum Gasteiger partial charge on any atom is -0.478 e. The molecular formula is C11H15N3O4. The van der Waals surface area contributed by atoms with Crippen LogP contribution in [0.2, 0.25) is 0 Å². The van der Waals surface area contributed by atoms with Gasteiger partial charge in [-0.15, -0.1) is 0 Å². The molecule has 98 valence electrons. The predicted molar refractivity (Wildman–Crippen MR) is 64.7 cm³/mol. The third-order valence-electron chi connectivity index (χ3n) is 2.27. The van der Waals surface area contributed by atoms with E-state index in [0.29, 0.717) is 0 Å². The molecule has 0 saturated heterocycles. The quantitative estimate of drug-likeness (QED) is 0.778. The van der Waals surface area contributed by atoms with Crippen molar-refractivity contribution in [3.8, 4) is 0 Å². The third-order valence-corrected chi connectivity index (χ3v) is 2.27. The van der Waals surface area contributed by atoms with Crippen LogP contribution in [-0.2, 0) is 6.54 Å². The van der Waals surface area contributed by atoms with Crippen molar-refractivity contribution in [2.45, 2.75) is 6.54 Å². The Bertz CT molecular complexity index is 507. The maximum absolute atomic E-state index is 11.5. The molecule has 18 heavy (non-hydrogen) atoms. The van der Waals surface area contributed by atoms with Crippen LogP contribution in [-0.4, -0.2) is 47.2 Å². The average Bonchev–Trinajstić information content (AvgIpc) is 2.30. The maximum Gasteiger partial charge on any atom is 0.337 e. The fraction of sp³-hybridized carbons (Fsp3) is 0.364. The van der Waals surface area contributed by atoms with Crippen molar-refractivity contribution in [3.05, 3.63) is 34.2 Å². The molecule has 0 fully saturated rings. The van der Waals surface area contributed by atoms with E-state index in [1.54, 1.807) is 14.1 Å². The molecule has 0 spiro atoms. The Morgan fingerprint density at radius 1 is 1.39 bits per heavy atom. The van der Waals surface area contributed by atoms with Gasteiger partial charge in [0, 0.05) is 39.4 Å². The van der Waals surface area contributed by atoms with Gasteiger partial charge in [0.15, 0.2) is 0 Å². The number of carbonyl (C=O) groups is 2. The van der Waals surface area contributed by atoms with Gasteiger partial charge < -0.3 is 19.9 Å². The maximum atomic E-state index is 11.5. The van der Waals surface area contributed by atoms with Crippen LogP contribution in [0.15, 0.2) is 23.1 Å². The van der Waals surface area contributed by atoms with Gasteiger partial charge in [0.1, 0.15) is 0 Å². The lowest BCUT2D eigenvalue weighted by molar-refractivity contribution is 0.0695. The van der Waals surface area contributed by atoms with Gasteiger partial charge in [-0.3, -0.25) is 4.79 Å². The Labute approximate surface area is 104 Å². The van der Waals surface area contributed by atoms with E-state index in [4.69, 9.17) is 5.11 Å². The highest BCUT2D eigenvalue weighted by Gasteiger charge is 2.06. The van der Waals surface area contributed by atoms with E-state index in [1.807, 2.05) is 0 Å². The number of amides is 2. The summed E-state index contributed by atoms with van der Waals surface area (Å²) < 4.78 is 1.25. The van der Waals surface area contributed by atoms with E-state index in [-0.39, 0.29) is 30.2 Å². The summed E-state index contributed by atoms with van der Waals surface area (Å²) >= 11 is 0. The summed E-state index contributed by atoms with van der Waals surface area (Å²) in [6.45, 7) is 0.472. The molecule has 0 aliphatic carbocycles. The van der Waals surface area contributed by atoms with Gasteiger partial charge in [-0.25, -0.2) is 9.59 Å². The molecule has 1 heterocycles. The number of nitrogens with one attached hydrogen (secondary N) is 1. The summed E-state index contributed by atoms with van der Waals surface area (Å²) in [7, 11) is 3.21. The standard InChI is InChI=1S/C11H15N3O4/c1-13(2)11(18)12-5-6-14-7-8(10(16)17)3-4-9(14)15/h3-4,7H,5-6H2,1-2H3,(H,12,18)(H,16,17). The van der Waals surface area contributed by atoms with Gasteiger partial charge in [-0.05, 0) is 6.07 Å². The van der Waals surface area contributed by atoms with Crippen LogP contribution in [0.3, 0.4) is 0 Å². The first kappa shape index (κ1) is 13.8. The van der Waals surface area contributed by atoms with Crippen LogP contribution >= 0.6 is 0 Å². The third kappa shape index (κ3) is 3.62. The summed E-state index contributed by atoms with van der Waals surface area (Å²) in [5, 5.41) is 11.4. The fourth-order valence-electron chi connectivity index (χ4n) is 1.27. The molecule has 2 N–H and O–H groups in total. The molecule has 0 aromatic carbocycles. The summed E-state index contributed by atoms with van der Waals surface area (Å²) in [5.74, 6) is -1.10. The molecule has 1 rings (SSSR count). The Hall–Kier alpha value is -2.31. The molecule has 1 aromatic rings. The minimum absolute atomic E-state index is 0.0357. The van der Waals surface area contributed by atoms with Gasteiger partial charge in [-0.2, -0.15) is 0 Å². The number of rotatable bonds is 4. The highest BCUT2D eigenvalue weighted by molar-refractivity contribution is 5.87. The summed E-state index contributed by atoms with van der Waals surface area (Å²) in [6, 6.07) is 2.17. The van der Waals surface area contributed by atoms with E-state index in [1.165, 1.54) is 27.8 Å². The molecule has 0 aliphatic rings. The molecule has 0 bridgehead atoms. The van der Waals surface area contributed by atoms with Crippen molar-refractivity contribution < 1.29 is 14.7 Å². The molecule has 2 amide bonds. The van der Waals surface area contributed by atoms with Crippen LogP contribution in [0.1, 0.15) is 10.4 Å². The number of aromatic nitrogens is 1. The molecule has 0 unspecified atom stereocenters. The zero-order valence-corrected chi connectivity index (χ0v) is 10.2. The van der Waals surface area contributed by atoms with Crippen molar-refractivity contribution in [2.75, 3.05) is 20.6 Å². The Balaban J connectivity index is 2.67. The average molecular weight is 253 g/mol. The number of nitrogens with zero attached hydrogens (tertiary/aromatic N) is 2. The molecule has 1 aromatic heterocycles. The Kier molecular flexibility index (Phi) is 4.47. The van der Waals surface area contributed by atoms with E-state index in [0.717, 1.165) is 0 Å². The molecule has 7 heteroatoms. The number of urea groups is 1. The number of pyridine rings is 1. The normalized spacial score (nSPS) is 9.89. The van der Waals surface area contributed by atoms with Crippen molar-refractivity contribution in [1.29, 1.82) is 0 Å². The van der Waals surface area contributed by atoms with Crippen molar-refractivity contribution in [1.82, 2.24) is 14.8 Å². The highest BCUT2D eigenvalue weighted by atomic mass is 16.4. The topological polar surface area (TPSA) is 91.6 Å². The molecule has 0 atom stereocenters. The lowest BCUT2D eigenvalue weighted by Crippen LogP contribution is -2.37. The first-order valence-corrected chi connectivity index (χ1v) is 5.30. The predicted octanol–water partition coefficient (Wildman–Crippen LogP) is -0.182. The number of hydrogen-bond donors (Lipinski definition) is 2. The highest BCUT2D eigenvalue weighted by Crippen LogP contribution is 1.95. The van der Waals surface area contributed by atoms with E-state index < -0.39 is 5.97 Å². The van der Waals surface area contributed by atoms with E-state index in [9.17, 15) is 14.4 Å². The zero-order valence-electron chi connectivity index (χ0n) is 10.2. The van der Waals surface area contributed by atoms with Crippen LogP contribution in [0.25, 0.3) is 0 Å². The summed E-state index contributed by atoms with van der Waals surface area (Å²) in [4.78, 5) is 34.8. The lowest BCUT2D eigenvalue weighted by Gasteiger charge is -2.12. The Morgan fingerprint density at radius 2 is 2.06 bits per heavy atom. The monoisotopic (exact) mass is 253 g/mol. The number of aromatic carboxylic acids is 1. The van der Waals surface area contributed by atoms with Gasteiger partial charge >= 0.3 is 12.0 Å². The molecule has 0 radical (unpaired) electrons. The minimum atomic E-state index is -1.10. The second-order valence-electron chi connectivity index (χ2n) is 3.88. The van der Waals surface area contributed by atoms with Crippen LogP contribution in [0.4, 0.5) is 4.79 Å². The van der Waals surface area contributed by atoms with Crippen LogP contribution in [0, 0.1) is 0 Å². The van der Waals surface area contributed by atoms with Crippen molar-refractivity contribution in [3.63, 3.8) is 0 Å². The van der Waals surface area contributed by atoms with E-state index in [2.05, 4.69) is 5.32 Å². The van der Waals surface area contributed by atoms with Gasteiger partial charge in [-0.1, -0.05) is 0 Å². The smallest absolute Gasteiger partial charge is 0.337 e. The molecule has 0 saturated carbocycles. The first-order valence-electron chi connectivity index (χ1n) is 5.30. The fourth-order valence-corrected chi connectivity index (χ4v) is 1.27. The van der Waals surface area contributed by atoms with Crippen molar-refractivity contribution in [2.24, 2.45) is 0 Å². The van der Waals surface area contributed by atoms with Gasteiger partial charge in [0.25, 0.3) is 5.56 Å².